The molecule has 3 rings (SSSR count). The van der Waals surface area contributed by atoms with E-state index in [2.05, 4.69) is 10.2 Å². The Morgan fingerprint density at radius 1 is 1.11 bits per heavy atom. The lowest BCUT2D eigenvalue weighted by atomic mass is 10.0. The minimum atomic E-state index is -3.48. The largest absolute Gasteiger partial charge is 0.349 e. The lowest BCUT2D eigenvalue weighted by molar-refractivity contribution is 0.0902. The van der Waals surface area contributed by atoms with E-state index in [1.54, 1.807) is 32.0 Å². The van der Waals surface area contributed by atoms with Crippen molar-refractivity contribution in [2.75, 3.05) is 19.6 Å². The van der Waals surface area contributed by atoms with Gasteiger partial charge in [-0.2, -0.15) is 0 Å². The van der Waals surface area contributed by atoms with E-state index in [1.165, 1.54) is 38.3 Å². The van der Waals surface area contributed by atoms with Crippen LogP contribution in [0.1, 0.15) is 62.7 Å². The highest BCUT2D eigenvalue weighted by Crippen LogP contribution is 2.27. The van der Waals surface area contributed by atoms with Gasteiger partial charge in [-0.15, -0.1) is 0 Å². The zero-order valence-corrected chi connectivity index (χ0v) is 17.3. The third-order valence-corrected chi connectivity index (χ3v) is 8.18. The Labute approximate surface area is 163 Å². The SMILES string of the molecule is CC(C)S(=O)(=O)c1ccccc1C(=O)NC1CCN(CC2CCCC2)CC1. The molecule has 27 heavy (non-hydrogen) atoms. The summed E-state index contributed by atoms with van der Waals surface area (Å²) < 4.78 is 25.1. The van der Waals surface area contributed by atoms with E-state index in [-0.39, 0.29) is 22.4 Å². The van der Waals surface area contributed by atoms with Crippen LogP contribution in [0.4, 0.5) is 0 Å². The fourth-order valence-electron chi connectivity index (χ4n) is 4.24. The van der Waals surface area contributed by atoms with E-state index in [0.29, 0.717) is 0 Å². The third-order valence-electron chi connectivity index (χ3n) is 5.97. The predicted molar refractivity (Wildman–Crippen MR) is 108 cm³/mol. The molecule has 6 heteroatoms. The Morgan fingerprint density at radius 3 is 2.37 bits per heavy atom. The van der Waals surface area contributed by atoms with Gasteiger partial charge in [-0.3, -0.25) is 4.79 Å². The molecule has 1 heterocycles. The molecular formula is C21H32N2O3S. The first-order chi connectivity index (χ1) is 12.9. The van der Waals surface area contributed by atoms with E-state index < -0.39 is 15.1 Å². The number of likely N-dealkylation sites (tertiary alicyclic amines) is 1. The van der Waals surface area contributed by atoms with Gasteiger partial charge in [0.15, 0.2) is 9.84 Å². The average molecular weight is 393 g/mol. The lowest BCUT2D eigenvalue weighted by Gasteiger charge is -2.34. The highest BCUT2D eigenvalue weighted by molar-refractivity contribution is 7.92. The van der Waals surface area contributed by atoms with Crippen LogP contribution in [0.15, 0.2) is 29.2 Å². The number of carbonyl (C=O) groups is 1. The zero-order chi connectivity index (χ0) is 19.4. The molecule has 150 valence electrons. The number of hydrogen-bond acceptors (Lipinski definition) is 4. The highest BCUT2D eigenvalue weighted by Gasteiger charge is 2.28. The summed E-state index contributed by atoms with van der Waals surface area (Å²) in [6.45, 7) is 6.49. The molecule has 1 amide bonds. The lowest BCUT2D eigenvalue weighted by Crippen LogP contribution is -2.45. The summed E-state index contributed by atoms with van der Waals surface area (Å²) >= 11 is 0. The molecule has 1 saturated heterocycles. The maximum atomic E-state index is 12.8. The third kappa shape index (κ3) is 4.91. The van der Waals surface area contributed by atoms with Crippen molar-refractivity contribution < 1.29 is 13.2 Å². The van der Waals surface area contributed by atoms with Gasteiger partial charge in [0, 0.05) is 25.7 Å². The first-order valence-electron chi connectivity index (χ1n) is 10.2. The first kappa shape index (κ1) is 20.3. The standard InChI is InChI=1S/C21H32N2O3S/c1-16(2)27(25,26)20-10-6-5-9-19(20)21(24)22-18-11-13-23(14-12-18)15-17-7-3-4-8-17/h5-6,9-10,16-18H,3-4,7-8,11-15H2,1-2H3,(H,22,24). The molecular weight excluding hydrogens is 360 g/mol. The summed E-state index contributed by atoms with van der Waals surface area (Å²) in [6.07, 6.45) is 7.32. The molecule has 1 aromatic rings. The highest BCUT2D eigenvalue weighted by atomic mass is 32.2. The monoisotopic (exact) mass is 392 g/mol. The van der Waals surface area contributed by atoms with Gasteiger partial charge in [0.05, 0.1) is 15.7 Å². The molecule has 0 radical (unpaired) electrons. The van der Waals surface area contributed by atoms with Crippen LogP contribution in [0.5, 0.6) is 0 Å². The average Bonchev–Trinajstić information content (AvgIpc) is 3.16. The number of hydrogen-bond donors (Lipinski definition) is 1. The Morgan fingerprint density at radius 2 is 1.74 bits per heavy atom. The van der Waals surface area contributed by atoms with Crippen molar-refractivity contribution in [3.8, 4) is 0 Å². The predicted octanol–water partition coefficient (Wildman–Crippen LogP) is 3.25. The topological polar surface area (TPSA) is 66.5 Å². The summed E-state index contributed by atoms with van der Waals surface area (Å²) in [5, 5.41) is 2.52. The van der Waals surface area contributed by atoms with Crippen molar-refractivity contribution in [3.63, 3.8) is 0 Å². The molecule has 0 aromatic heterocycles. The van der Waals surface area contributed by atoms with Crippen LogP contribution in [0.2, 0.25) is 0 Å². The Bertz CT molecular complexity index is 746. The number of piperidine rings is 1. The molecule has 1 N–H and O–H groups in total. The van der Waals surface area contributed by atoms with Gasteiger partial charge in [0.25, 0.3) is 5.91 Å². The molecule has 1 saturated carbocycles. The quantitative estimate of drug-likeness (QED) is 0.807. The molecule has 0 unspecified atom stereocenters. The Balaban J connectivity index is 1.59. The number of rotatable bonds is 6. The number of benzene rings is 1. The molecule has 0 atom stereocenters. The van der Waals surface area contributed by atoms with Crippen LogP contribution < -0.4 is 5.32 Å². The van der Waals surface area contributed by atoms with Gasteiger partial charge in [-0.1, -0.05) is 25.0 Å². The summed E-state index contributed by atoms with van der Waals surface area (Å²) in [6, 6.07) is 6.66. The van der Waals surface area contributed by atoms with E-state index in [4.69, 9.17) is 0 Å². The molecule has 1 aliphatic carbocycles. The molecule has 1 aromatic carbocycles. The van der Waals surface area contributed by atoms with Gasteiger partial charge in [-0.05, 0) is 57.6 Å². The summed E-state index contributed by atoms with van der Waals surface area (Å²) in [5.41, 5.74) is 0.264. The van der Waals surface area contributed by atoms with Gasteiger partial charge >= 0.3 is 0 Å². The van der Waals surface area contributed by atoms with Crippen LogP contribution in [0.25, 0.3) is 0 Å². The van der Waals surface area contributed by atoms with Gasteiger partial charge < -0.3 is 10.2 Å². The first-order valence-corrected chi connectivity index (χ1v) is 11.8. The number of nitrogens with one attached hydrogen (secondary N) is 1. The van der Waals surface area contributed by atoms with Crippen LogP contribution in [-0.2, 0) is 9.84 Å². The second-order valence-corrected chi connectivity index (χ2v) is 10.8. The van der Waals surface area contributed by atoms with Crippen LogP contribution >= 0.6 is 0 Å². The van der Waals surface area contributed by atoms with Crippen LogP contribution in [0.3, 0.4) is 0 Å². The second-order valence-electron chi connectivity index (χ2n) is 8.29. The number of sulfone groups is 1. The molecule has 2 aliphatic rings. The molecule has 5 nitrogen and oxygen atoms in total. The normalized spacial score (nSPS) is 20.3. The molecule has 0 bridgehead atoms. The van der Waals surface area contributed by atoms with E-state index in [1.807, 2.05) is 0 Å². The van der Waals surface area contributed by atoms with E-state index in [0.717, 1.165) is 31.8 Å². The Kier molecular flexibility index (Phi) is 6.58. The van der Waals surface area contributed by atoms with Crippen molar-refractivity contribution in [2.45, 2.75) is 68.6 Å². The van der Waals surface area contributed by atoms with Gasteiger partial charge in [0.2, 0.25) is 0 Å². The maximum absolute atomic E-state index is 12.8. The summed E-state index contributed by atoms with van der Waals surface area (Å²) in [5.74, 6) is 0.577. The van der Waals surface area contributed by atoms with Crippen LogP contribution in [-0.4, -0.2) is 50.2 Å². The fraction of sp³-hybridized carbons (Fsp3) is 0.667. The van der Waals surface area contributed by atoms with Crippen molar-refractivity contribution in [1.82, 2.24) is 10.2 Å². The second kappa shape index (κ2) is 8.74. The zero-order valence-electron chi connectivity index (χ0n) is 16.5. The van der Waals surface area contributed by atoms with Crippen molar-refractivity contribution in [1.29, 1.82) is 0 Å². The number of nitrogens with zero attached hydrogens (tertiary/aromatic N) is 1. The van der Waals surface area contributed by atoms with Gasteiger partial charge in [-0.25, -0.2) is 8.42 Å². The fourth-order valence-corrected chi connectivity index (χ4v) is 5.48. The van der Waals surface area contributed by atoms with E-state index >= 15 is 0 Å². The number of carbonyl (C=O) groups excluding carboxylic acids is 1. The maximum Gasteiger partial charge on any atom is 0.252 e. The number of amides is 1. The molecule has 2 fully saturated rings. The summed E-state index contributed by atoms with van der Waals surface area (Å²) in [7, 11) is -3.48. The van der Waals surface area contributed by atoms with Crippen LogP contribution in [0, 0.1) is 5.92 Å². The minimum absolute atomic E-state index is 0.118. The smallest absolute Gasteiger partial charge is 0.252 e. The summed E-state index contributed by atoms with van der Waals surface area (Å²) in [4.78, 5) is 15.4. The molecule has 0 spiro atoms. The minimum Gasteiger partial charge on any atom is -0.349 e. The van der Waals surface area contributed by atoms with E-state index in [9.17, 15) is 13.2 Å². The van der Waals surface area contributed by atoms with Crippen molar-refractivity contribution >= 4 is 15.7 Å². The van der Waals surface area contributed by atoms with Crippen molar-refractivity contribution in [2.24, 2.45) is 5.92 Å². The molecule has 1 aliphatic heterocycles. The van der Waals surface area contributed by atoms with Crippen molar-refractivity contribution in [3.05, 3.63) is 29.8 Å². The van der Waals surface area contributed by atoms with Gasteiger partial charge in [0.1, 0.15) is 0 Å². The Hall–Kier alpha value is -1.40.